The molecule has 0 saturated heterocycles. The molecule has 1 N–H and O–H groups in total. The molecule has 2 aromatic rings. The molecule has 106 valence electrons. The zero-order valence-electron chi connectivity index (χ0n) is 10.3. The number of rotatable bonds is 2. The Bertz CT molecular complexity index is 748. The Balaban J connectivity index is 2.33. The summed E-state index contributed by atoms with van der Waals surface area (Å²) in [5.74, 6) is -3.87. The van der Waals surface area contributed by atoms with Crippen molar-refractivity contribution in [2.75, 3.05) is 5.32 Å². The fraction of sp³-hybridized carbons (Fsp3) is 0. The summed E-state index contributed by atoms with van der Waals surface area (Å²) in [7, 11) is 0. The van der Waals surface area contributed by atoms with Crippen LogP contribution in [0.2, 0.25) is 0 Å². The summed E-state index contributed by atoms with van der Waals surface area (Å²) < 4.78 is 40.6. The molecule has 0 aliphatic heterocycles. The smallest absolute Gasteiger partial charge is 0.261 e. The van der Waals surface area contributed by atoms with Gasteiger partial charge in [0.15, 0.2) is 0 Å². The monoisotopic (exact) mass is 354 g/mol. The van der Waals surface area contributed by atoms with Crippen molar-refractivity contribution in [3.05, 3.63) is 63.4 Å². The normalized spacial score (nSPS) is 10.0. The number of nitrogens with zero attached hydrogens (tertiary/aromatic N) is 1. The molecule has 0 aliphatic rings. The van der Waals surface area contributed by atoms with E-state index in [-0.39, 0.29) is 15.7 Å². The van der Waals surface area contributed by atoms with Gasteiger partial charge in [0, 0.05) is 10.2 Å². The van der Waals surface area contributed by atoms with Crippen LogP contribution < -0.4 is 5.32 Å². The van der Waals surface area contributed by atoms with Gasteiger partial charge < -0.3 is 5.32 Å². The van der Waals surface area contributed by atoms with Gasteiger partial charge in [-0.2, -0.15) is 5.26 Å². The molecule has 0 radical (unpaired) electrons. The third-order valence-corrected chi connectivity index (χ3v) is 3.04. The van der Waals surface area contributed by atoms with E-state index in [2.05, 4.69) is 21.2 Å². The highest BCUT2D eigenvalue weighted by molar-refractivity contribution is 9.10. The number of amides is 1. The Labute approximate surface area is 126 Å². The SMILES string of the molecule is N#Cc1cc(NC(=O)c2c(F)cc(Br)cc2F)ccc1F. The lowest BCUT2D eigenvalue weighted by atomic mass is 10.1. The summed E-state index contributed by atoms with van der Waals surface area (Å²) >= 11 is 2.90. The number of halogens is 4. The van der Waals surface area contributed by atoms with Crippen molar-refractivity contribution >= 4 is 27.5 Å². The molecule has 0 heterocycles. The fourth-order valence-electron chi connectivity index (χ4n) is 1.64. The molecule has 0 atom stereocenters. The van der Waals surface area contributed by atoms with E-state index in [0.717, 1.165) is 24.3 Å². The van der Waals surface area contributed by atoms with E-state index in [0.29, 0.717) is 0 Å². The van der Waals surface area contributed by atoms with Crippen molar-refractivity contribution in [2.45, 2.75) is 0 Å². The van der Waals surface area contributed by atoms with Gasteiger partial charge in [0.2, 0.25) is 0 Å². The van der Waals surface area contributed by atoms with E-state index in [1.165, 1.54) is 6.07 Å². The van der Waals surface area contributed by atoms with Gasteiger partial charge in [-0.3, -0.25) is 4.79 Å². The Morgan fingerprint density at radius 3 is 2.29 bits per heavy atom. The summed E-state index contributed by atoms with van der Waals surface area (Å²) in [5.41, 5.74) is -0.995. The number of carbonyl (C=O) groups is 1. The second kappa shape index (κ2) is 5.97. The van der Waals surface area contributed by atoms with Gasteiger partial charge in [-0.05, 0) is 30.3 Å². The van der Waals surface area contributed by atoms with E-state index >= 15 is 0 Å². The number of nitriles is 1. The predicted octanol–water partition coefficient (Wildman–Crippen LogP) is 3.99. The molecule has 0 bridgehead atoms. The Hall–Kier alpha value is -2.33. The maximum Gasteiger partial charge on any atom is 0.261 e. The molecular weight excluding hydrogens is 349 g/mol. The van der Waals surface area contributed by atoms with Crippen molar-refractivity contribution in [1.82, 2.24) is 0 Å². The highest BCUT2D eigenvalue weighted by atomic mass is 79.9. The summed E-state index contributed by atoms with van der Waals surface area (Å²) in [6, 6.07) is 6.72. The first-order chi connectivity index (χ1) is 9.92. The molecule has 0 unspecified atom stereocenters. The maximum atomic E-state index is 13.6. The van der Waals surface area contributed by atoms with Crippen LogP contribution in [0.5, 0.6) is 0 Å². The van der Waals surface area contributed by atoms with Gasteiger partial charge in [0.1, 0.15) is 29.1 Å². The fourth-order valence-corrected chi connectivity index (χ4v) is 2.04. The standard InChI is InChI=1S/C14H6BrF3N2O/c15-8-4-11(17)13(12(18)5-8)14(21)20-9-1-2-10(16)7(3-9)6-19/h1-5H,(H,20,21). The van der Waals surface area contributed by atoms with Crippen LogP contribution in [0.4, 0.5) is 18.9 Å². The van der Waals surface area contributed by atoms with Crippen molar-refractivity contribution in [1.29, 1.82) is 5.26 Å². The summed E-state index contributed by atoms with van der Waals surface area (Å²) in [4.78, 5) is 11.9. The predicted molar refractivity (Wildman–Crippen MR) is 73.1 cm³/mol. The lowest BCUT2D eigenvalue weighted by Crippen LogP contribution is -2.16. The van der Waals surface area contributed by atoms with Gasteiger partial charge in [-0.1, -0.05) is 15.9 Å². The molecular formula is C14H6BrF3N2O. The van der Waals surface area contributed by atoms with E-state index in [4.69, 9.17) is 5.26 Å². The van der Waals surface area contributed by atoms with E-state index in [1.54, 1.807) is 6.07 Å². The van der Waals surface area contributed by atoms with E-state index in [1.807, 2.05) is 0 Å². The summed E-state index contributed by atoms with van der Waals surface area (Å²) in [6.45, 7) is 0. The van der Waals surface area contributed by atoms with Gasteiger partial charge in [0.05, 0.1) is 5.56 Å². The van der Waals surface area contributed by atoms with Crippen molar-refractivity contribution in [3.63, 3.8) is 0 Å². The third kappa shape index (κ3) is 3.23. The lowest BCUT2D eigenvalue weighted by Gasteiger charge is -2.08. The minimum Gasteiger partial charge on any atom is -0.322 e. The molecule has 3 nitrogen and oxygen atoms in total. The molecule has 0 spiro atoms. The molecule has 0 aromatic heterocycles. The average Bonchev–Trinajstić information content (AvgIpc) is 2.39. The van der Waals surface area contributed by atoms with Crippen LogP contribution in [0.25, 0.3) is 0 Å². The summed E-state index contributed by atoms with van der Waals surface area (Å²) in [6.07, 6.45) is 0. The molecule has 2 aromatic carbocycles. The molecule has 2 rings (SSSR count). The molecule has 7 heteroatoms. The average molecular weight is 355 g/mol. The number of benzene rings is 2. The van der Waals surface area contributed by atoms with Gasteiger partial charge in [-0.15, -0.1) is 0 Å². The first-order valence-electron chi connectivity index (χ1n) is 5.58. The van der Waals surface area contributed by atoms with Gasteiger partial charge >= 0.3 is 0 Å². The van der Waals surface area contributed by atoms with Crippen molar-refractivity contribution in [2.24, 2.45) is 0 Å². The number of nitrogens with one attached hydrogen (secondary N) is 1. The molecule has 21 heavy (non-hydrogen) atoms. The maximum absolute atomic E-state index is 13.6. The van der Waals surface area contributed by atoms with Crippen LogP contribution in [0.15, 0.2) is 34.8 Å². The minimum atomic E-state index is -1.04. The van der Waals surface area contributed by atoms with Crippen LogP contribution in [-0.2, 0) is 0 Å². The Morgan fingerprint density at radius 2 is 1.71 bits per heavy atom. The molecule has 0 aliphatic carbocycles. The van der Waals surface area contributed by atoms with Crippen LogP contribution in [0.3, 0.4) is 0 Å². The molecule has 1 amide bonds. The first kappa shape index (κ1) is 15.1. The second-order valence-corrected chi connectivity index (χ2v) is 4.92. The van der Waals surface area contributed by atoms with Crippen LogP contribution >= 0.6 is 15.9 Å². The highest BCUT2D eigenvalue weighted by Gasteiger charge is 2.19. The van der Waals surface area contributed by atoms with Crippen molar-refractivity contribution < 1.29 is 18.0 Å². The number of anilines is 1. The Kier molecular flexibility index (Phi) is 4.29. The number of hydrogen-bond acceptors (Lipinski definition) is 2. The van der Waals surface area contributed by atoms with Gasteiger partial charge in [-0.25, -0.2) is 13.2 Å². The topological polar surface area (TPSA) is 52.9 Å². The minimum absolute atomic E-state index is 0.0552. The zero-order valence-corrected chi connectivity index (χ0v) is 11.8. The van der Waals surface area contributed by atoms with Crippen molar-refractivity contribution in [3.8, 4) is 6.07 Å². The zero-order chi connectivity index (χ0) is 15.6. The molecule has 0 saturated carbocycles. The van der Waals surface area contributed by atoms with E-state index in [9.17, 15) is 18.0 Å². The van der Waals surface area contributed by atoms with E-state index < -0.39 is 28.9 Å². The first-order valence-corrected chi connectivity index (χ1v) is 6.37. The molecule has 0 fully saturated rings. The number of carbonyl (C=O) groups excluding carboxylic acids is 1. The van der Waals surface area contributed by atoms with Gasteiger partial charge in [0.25, 0.3) is 5.91 Å². The van der Waals surface area contributed by atoms with Crippen LogP contribution in [0, 0.1) is 28.8 Å². The lowest BCUT2D eigenvalue weighted by molar-refractivity contribution is 0.101. The van der Waals surface area contributed by atoms with Crippen LogP contribution in [0.1, 0.15) is 15.9 Å². The third-order valence-electron chi connectivity index (χ3n) is 2.58. The highest BCUT2D eigenvalue weighted by Crippen LogP contribution is 2.21. The largest absolute Gasteiger partial charge is 0.322 e. The summed E-state index contributed by atoms with van der Waals surface area (Å²) in [5, 5.41) is 10.9. The number of hydrogen-bond donors (Lipinski definition) is 1. The van der Waals surface area contributed by atoms with Crippen LogP contribution in [-0.4, -0.2) is 5.91 Å². The Morgan fingerprint density at radius 1 is 1.10 bits per heavy atom. The second-order valence-electron chi connectivity index (χ2n) is 4.00. The quantitative estimate of drug-likeness (QED) is 0.886.